The Kier molecular flexibility index (Phi) is 3.50. The standard InChI is InChI=1S/C4H7FO2/c5-4(3-7)1-2-6/h3-4,6H,1-2H2. The van der Waals surface area contributed by atoms with Crippen molar-refractivity contribution in [1.82, 2.24) is 0 Å². The van der Waals surface area contributed by atoms with Gasteiger partial charge in [-0.15, -0.1) is 0 Å². The fourth-order valence-corrected chi connectivity index (χ4v) is 0.191. The van der Waals surface area contributed by atoms with E-state index in [1.165, 1.54) is 0 Å². The Morgan fingerprint density at radius 2 is 2.43 bits per heavy atom. The molecule has 0 fully saturated rings. The second-order valence-electron chi connectivity index (χ2n) is 1.16. The summed E-state index contributed by atoms with van der Waals surface area (Å²) in [6.45, 7) is -0.264. The first-order valence-corrected chi connectivity index (χ1v) is 2.01. The molecule has 0 aromatic heterocycles. The predicted molar refractivity (Wildman–Crippen MR) is 22.7 cm³/mol. The van der Waals surface area contributed by atoms with Gasteiger partial charge in [0.15, 0.2) is 12.5 Å². The van der Waals surface area contributed by atoms with Crippen molar-refractivity contribution in [3.8, 4) is 0 Å². The number of halogens is 1. The fraction of sp³-hybridized carbons (Fsp3) is 0.750. The van der Waals surface area contributed by atoms with E-state index < -0.39 is 6.17 Å². The molecule has 42 valence electrons. The second-order valence-corrected chi connectivity index (χ2v) is 1.16. The smallest absolute Gasteiger partial charge is 0.157 e. The van der Waals surface area contributed by atoms with Gasteiger partial charge in [-0.3, -0.25) is 0 Å². The molecule has 0 aliphatic rings. The lowest BCUT2D eigenvalue weighted by Gasteiger charge is -1.90. The molecule has 0 spiro atoms. The largest absolute Gasteiger partial charge is 0.396 e. The van der Waals surface area contributed by atoms with Gasteiger partial charge >= 0.3 is 0 Å². The summed E-state index contributed by atoms with van der Waals surface area (Å²) in [5.41, 5.74) is 0. The highest BCUT2D eigenvalue weighted by Crippen LogP contribution is 1.89. The van der Waals surface area contributed by atoms with Crippen LogP contribution in [0.3, 0.4) is 0 Å². The number of hydrogen-bond acceptors (Lipinski definition) is 2. The Morgan fingerprint density at radius 3 is 2.57 bits per heavy atom. The van der Waals surface area contributed by atoms with Crippen LogP contribution in [0.25, 0.3) is 0 Å². The van der Waals surface area contributed by atoms with Crippen LogP contribution < -0.4 is 0 Å². The van der Waals surface area contributed by atoms with Crippen LogP contribution in [0.15, 0.2) is 0 Å². The summed E-state index contributed by atoms with van der Waals surface area (Å²) in [7, 11) is 0. The maximum Gasteiger partial charge on any atom is 0.157 e. The summed E-state index contributed by atoms with van der Waals surface area (Å²) in [6, 6.07) is 0. The number of rotatable bonds is 3. The molecule has 1 unspecified atom stereocenters. The van der Waals surface area contributed by atoms with Crippen molar-refractivity contribution < 1.29 is 14.3 Å². The molecule has 0 amide bonds. The van der Waals surface area contributed by atoms with E-state index >= 15 is 0 Å². The van der Waals surface area contributed by atoms with Gasteiger partial charge in [0.05, 0.1) is 0 Å². The first-order valence-electron chi connectivity index (χ1n) is 2.01. The van der Waals surface area contributed by atoms with Crippen LogP contribution >= 0.6 is 0 Å². The Balaban J connectivity index is 2.98. The molecule has 0 aliphatic carbocycles. The van der Waals surface area contributed by atoms with E-state index in [0.29, 0.717) is 0 Å². The minimum atomic E-state index is -1.48. The zero-order valence-corrected chi connectivity index (χ0v) is 3.80. The minimum Gasteiger partial charge on any atom is -0.396 e. The predicted octanol–water partition coefficient (Wildman–Crippen LogP) is -0.0942. The first kappa shape index (κ1) is 6.56. The summed E-state index contributed by atoms with van der Waals surface area (Å²) >= 11 is 0. The van der Waals surface area contributed by atoms with Gasteiger partial charge in [-0.05, 0) is 0 Å². The molecule has 7 heavy (non-hydrogen) atoms. The highest BCUT2D eigenvalue weighted by Gasteiger charge is 1.99. The molecule has 0 aromatic rings. The number of carbonyl (C=O) groups is 1. The number of aldehydes is 1. The van der Waals surface area contributed by atoms with Gasteiger partial charge in [-0.1, -0.05) is 0 Å². The van der Waals surface area contributed by atoms with E-state index in [1.54, 1.807) is 0 Å². The van der Waals surface area contributed by atoms with Gasteiger partial charge in [-0.2, -0.15) is 0 Å². The van der Waals surface area contributed by atoms with Crippen LogP contribution in [-0.4, -0.2) is 24.2 Å². The van der Waals surface area contributed by atoms with Crippen molar-refractivity contribution in [3.05, 3.63) is 0 Å². The van der Waals surface area contributed by atoms with Crippen molar-refractivity contribution in [1.29, 1.82) is 0 Å². The monoisotopic (exact) mass is 106 g/mol. The average molecular weight is 106 g/mol. The van der Waals surface area contributed by atoms with Gasteiger partial charge in [-0.25, -0.2) is 4.39 Å². The molecule has 0 radical (unpaired) electrons. The van der Waals surface area contributed by atoms with Crippen LogP contribution in [0, 0.1) is 0 Å². The third-order valence-corrected chi connectivity index (χ3v) is 0.553. The normalized spacial score (nSPS) is 13.4. The molecule has 0 saturated carbocycles. The van der Waals surface area contributed by atoms with E-state index in [4.69, 9.17) is 5.11 Å². The van der Waals surface area contributed by atoms with Crippen LogP contribution in [0.5, 0.6) is 0 Å². The summed E-state index contributed by atoms with van der Waals surface area (Å²) in [5.74, 6) is 0. The zero-order valence-electron chi connectivity index (χ0n) is 3.80. The van der Waals surface area contributed by atoms with E-state index in [-0.39, 0.29) is 19.3 Å². The van der Waals surface area contributed by atoms with Crippen molar-refractivity contribution in [2.24, 2.45) is 0 Å². The summed E-state index contributed by atoms with van der Waals surface area (Å²) in [5, 5.41) is 7.97. The van der Waals surface area contributed by atoms with Gasteiger partial charge in [0.1, 0.15) is 0 Å². The molecular weight excluding hydrogens is 99.0 g/mol. The Hall–Kier alpha value is -0.440. The highest BCUT2D eigenvalue weighted by atomic mass is 19.1. The summed E-state index contributed by atoms with van der Waals surface area (Å²) < 4.78 is 11.6. The maximum atomic E-state index is 11.6. The number of aliphatic hydroxyl groups is 1. The third kappa shape index (κ3) is 3.39. The zero-order chi connectivity index (χ0) is 5.70. The molecule has 1 atom stereocenters. The van der Waals surface area contributed by atoms with Crippen LogP contribution in [-0.2, 0) is 4.79 Å². The Morgan fingerprint density at radius 1 is 1.86 bits per heavy atom. The van der Waals surface area contributed by atoms with Gasteiger partial charge in [0, 0.05) is 13.0 Å². The molecule has 1 N–H and O–H groups in total. The van der Waals surface area contributed by atoms with Crippen molar-refractivity contribution in [3.63, 3.8) is 0 Å². The van der Waals surface area contributed by atoms with E-state index in [9.17, 15) is 9.18 Å². The van der Waals surface area contributed by atoms with E-state index in [1.807, 2.05) is 0 Å². The molecule has 2 nitrogen and oxygen atoms in total. The first-order chi connectivity index (χ1) is 3.31. The van der Waals surface area contributed by atoms with Crippen LogP contribution in [0.1, 0.15) is 6.42 Å². The van der Waals surface area contributed by atoms with E-state index in [0.717, 1.165) is 0 Å². The number of carbonyl (C=O) groups excluding carboxylic acids is 1. The topological polar surface area (TPSA) is 37.3 Å². The average Bonchev–Trinajstić information content (AvgIpc) is 1.68. The number of aliphatic hydroxyl groups excluding tert-OH is 1. The SMILES string of the molecule is O=CC(F)CCO. The lowest BCUT2D eigenvalue weighted by atomic mass is 10.3. The Labute approximate surface area is 41.0 Å². The molecule has 0 heterocycles. The molecular formula is C4H7FO2. The summed E-state index contributed by atoms with van der Waals surface area (Å²) in [6.07, 6.45) is -1.38. The van der Waals surface area contributed by atoms with Crippen LogP contribution in [0.2, 0.25) is 0 Å². The fourth-order valence-electron chi connectivity index (χ4n) is 0.191. The van der Waals surface area contributed by atoms with Gasteiger partial charge in [0.2, 0.25) is 0 Å². The van der Waals surface area contributed by atoms with Crippen molar-refractivity contribution in [2.45, 2.75) is 12.6 Å². The van der Waals surface area contributed by atoms with Crippen molar-refractivity contribution in [2.75, 3.05) is 6.61 Å². The lowest BCUT2D eigenvalue weighted by molar-refractivity contribution is -0.112. The number of hydrogen-bond donors (Lipinski definition) is 1. The second kappa shape index (κ2) is 3.74. The van der Waals surface area contributed by atoms with Crippen molar-refractivity contribution >= 4 is 6.29 Å². The quantitative estimate of drug-likeness (QED) is 0.510. The number of alkyl halides is 1. The van der Waals surface area contributed by atoms with E-state index in [2.05, 4.69) is 0 Å². The highest BCUT2D eigenvalue weighted by molar-refractivity contribution is 5.55. The molecule has 0 aliphatic heterocycles. The maximum absolute atomic E-state index is 11.6. The molecule has 0 rings (SSSR count). The molecule has 0 saturated heterocycles. The molecule has 0 aromatic carbocycles. The summed E-state index contributed by atoms with van der Waals surface area (Å²) in [4.78, 5) is 9.41. The molecule has 0 bridgehead atoms. The van der Waals surface area contributed by atoms with Crippen LogP contribution in [0.4, 0.5) is 4.39 Å². The Bertz CT molecular complexity index is 55.7. The third-order valence-electron chi connectivity index (χ3n) is 0.553. The van der Waals surface area contributed by atoms with Gasteiger partial charge in [0.25, 0.3) is 0 Å². The van der Waals surface area contributed by atoms with Gasteiger partial charge < -0.3 is 9.90 Å². The molecule has 3 heteroatoms. The minimum absolute atomic E-state index is 0.0799. The lowest BCUT2D eigenvalue weighted by Crippen LogP contribution is -2.02.